The number of carbonyl (C=O) groups excluding carboxylic acids is 2. The Morgan fingerprint density at radius 2 is 2.16 bits per heavy atom. The molecule has 0 aromatic carbocycles. The number of hydrogen-bond donors (Lipinski definition) is 1. The van der Waals surface area contributed by atoms with Crippen LogP contribution in [0.1, 0.15) is 42.5 Å². The Hall–Kier alpha value is -1.86. The molecule has 136 valence electrons. The third-order valence-corrected chi connectivity index (χ3v) is 4.89. The number of aromatic nitrogens is 1. The molecule has 1 saturated heterocycles. The molecule has 1 unspecified atom stereocenters. The molecule has 1 aliphatic heterocycles. The number of ether oxygens (including phenoxy) is 3. The molecule has 2 heterocycles. The molecule has 0 spiro atoms. The molecule has 1 aromatic rings. The minimum Gasteiger partial charge on any atom is -0.471 e. The van der Waals surface area contributed by atoms with Gasteiger partial charge in [-0.15, -0.1) is 0 Å². The molecular weight excluding hydrogens is 348 g/mol. The Bertz CT molecular complexity index is 654. The van der Waals surface area contributed by atoms with Gasteiger partial charge in [-0.3, -0.25) is 4.79 Å². The van der Waals surface area contributed by atoms with Gasteiger partial charge in [0.05, 0.1) is 25.9 Å². The normalized spacial score (nSPS) is 21.8. The predicted molar refractivity (Wildman–Crippen MR) is 89.8 cm³/mol. The zero-order chi connectivity index (χ0) is 17.9. The first-order valence-corrected chi connectivity index (χ1v) is 8.73. The molecule has 0 radical (unpaired) electrons. The van der Waals surface area contributed by atoms with Crippen molar-refractivity contribution in [2.75, 3.05) is 20.3 Å². The van der Waals surface area contributed by atoms with Crippen molar-refractivity contribution in [2.45, 2.75) is 43.7 Å². The number of rotatable bonds is 5. The van der Waals surface area contributed by atoms with Gasteiger partial charge in [-0.1, -0.05) is 24.4 Å². The summed E-state index contributed by atoms with van der Waals surface area (Å²) in [6.45, 7) is 1.15. The van der Waals surface area contributed by atoms with Crippen molar-refractivity contribution in [3.8, 4) is 5.88 Å². The highest BCUT2D eigenvalue weighted by molar-refractivity contribution is 6.32. The molecule has 7 nitrogen and oxygen atoms in total. The van der Waals surface area contributed by atoms with E-state index in [2.05, 4.69) is 10.3 Å². The van der Waals surface area contributed by atoms with Crippen molar-refractivity contribution in [3.05, 3.63) is 22.8 Å². The fourth-order valence-electron chi connectivity index (χ4n) is 3.24. The van der Waals surface area contributed by atoms with Crippen LogP contribution in [0.4, 0.5) is 0 Å². The van der Waals surface area contributed by atoms with Crippen LogP contribution in [0.3, 0.4) is 0 Å². The number of hydrogen-bond acceptors (Lipinski definition) is 6. The fraction of sp³-hybridized carbons (Fsp3) is 0.588. The lowest BCUT2D eigenvalue weighted by molar-refractivity contribution is -0.148. The third-order valence-electron chi connectivity index (χ3n) is 4.62. The lowest BCUT2D eigenvalue weighted by Crippen LogP contribution is -2.53. The molecular formula is C17H21ClN2O5. The van der Waals surface area contributed by atoms with Crippen molar-refractivity contribution in [1.29, 1.82) is 0 Å². The molecule has 25 heavy (non-hydrogen) atoms. The molecule has 2 fully saturated rings. The van der Waals surface area contributed by atoms with Gasteiger partial charge < -0.3 is 19.5 Å². The average Bonchev–Trinajstić information content (AvgIpc) is 3.28. The Kier molecular flexibility index (Phi) is 5.44. The highest BCUT2D eigenvalue weighted by atomic mass is 35.5. The predicted octanol–water partition coefficient (Wildman–Crippen LogP) is 2.12. The first kappa shape index (κ1) is 17.9. The summed E-state index contributed by atoms with van der Waals surface area (Å²) in [5, 5.41) is 3.05. The van der Waals surface area contributed by atoms with Crippen LogP contribution in [0.25, 0.3) is 0 Å². The van der Waals surface area contributed by atoms with Gasteiger partial charge in [0, 0.05) is 12.6 Å². The van der Waals surface area contributed by atoms with Gasteiger partial charge in [0.1, 0.15) is 16.7 Å². The Balaban J connectivity index is 1.71. The van der Waals surface area contributed by atoms with E-state index >= 15 is 0 Å². The van der Waals surface area contributed by atoms with Crippen molar-refractivity contribution >= 4 is 23.5 Å². The van der Waals surface area contributed by atoms with Crippen LogP contribution in [0.5, 0.6) is 5.88 Å². The first-order chi connectivity index (χ1) is 12.0. The van der Waals surface area contributed by atoms with Gasteiger partial charge in [-0.25, -0.2) is 9.78 Å². The van der Waals surface area contributed by atoms with E-state index in [1.165, 1.54) is 19.4 Å². The van der Waals surface area contributed by atoms with E-state index in [9.17, 15) is 9.59 Å². The van der Waals surface area contributed by atoms with E-state index in [-0.39, 0.29) is 22.6 Å². The van der Waals surface area contributed by atoms with Crippen LogP contribution < -0.4 is 10.1 Å². The maximum atomic E-state index is 12.6. The second-order valence-electron chi connectivity index (χ2n) is 6.35. The topological polar surface area (TPSA) is 86.8 Å². The maximum absolute atomic E-state index is 12.6. The molecule has 1 N–H and O–H groups in total. The Morgan fingerprint density at radius 1 is 1.40 bits per heavy atom. The number of carbonyl (C=O) groups is 2. The van der Waals surface area contributed by atoms with E-state index in [1.807, 2.05) is 0 Å². The van der Waals surface area contributed by atoms with Gasteiger partial charge >= 0.3 is 5.97 Å². The van der Waals surface area contributed by atoms with Gasteiger partial charge in [-0.05, 0) is 18.9 Å². The van der Waals surface area contributed by atoms with E-state index in [0.717, 1.165) is 19.3 Å². The zero-order valence-corrected chi connectivity index (χ0v) is 14.8. The van der Waals surface area contributed by atoms with Crippen LogP contribution in [-0.2, 0) is 14.3 Å². The molecule has 1 saturated carbocycles. The van der Waals surface area contributed by atoms with Crippen LogP contribution in [0.2, 0.25) is 5.02 Å². The summed E-state index contributed by atoms with van der Waals surface area (Å²) in [4.78, 5) is 28.8. The van der Waals surface area contributed by atoms with Crippen molar-refractivity contribution < 1.29 is 23.8 Å². The van der Waals surface area contributed by atoms with Gasteiger partial charge in [0.2, 0.25) is 5.88 Å². The quantitative estimate of drug-likeness (QED) is 0.801. The van der Waals surface area contributed by atoms with Crippen molar-refractivity contribution in [1.82, 2.24) is 10.3 Å². The zero-order valence-electron chi connectivity index (χ0n) is 14.0. The van der Waals surface area contributed by atoms with Crippen LogP contribution in [0.15, 0.2) is 12.3 Å². The van der Waals surface area contributed by atoms with Crippen LogP contribution in [0, 0.1) is 0 Å². The standard InChI is InChI=1S/C17H21ClN2O5/c1-23-16(22)17(5-2-3-6-17)20-14(21)11-8-13(18)15(19-9-11)25-12-4-7-24-10-12/h8-9,12H,2-7,10H2,1H3,(H,20,21). The first-order valence-electron chi connectivity index (χ1n) is 8.35. The second kappa shape index (κ2) is 7.58. The van der Waals surface area contributed by atoms with Crippen molar-refractivity contribution in [2.24, 2.45) is 0 Å². The summed E-state index contributed by atoms with van der Waals surface area (Å²) >= 11 is 6.19. The number of halogens is 1. The van der Waals surface area contributed by atoms with E-state index in [1.54, 1.807) is 0 Å². The largest absolute Gasteiger partial charge is 0.471 e. The van der Waals surface area contributed by atoms with E-state index in [0.29, 0.717) is 26.1 Å². The minimum atomic E-state index is -0.964. The van der Waals surface area contributed by atoms with Gasteiger partial charge in [0.25, 0.3) is 5.91 Å². The number of amides is 1. The monoisotopic (exact) mass is 368 g/mol. The molecule has 2 aliphatic rings. The SMILES string of the molecule is COC(=O)C1(NC(=O)c2cnc(OC3CCOC3)c(Cl)c2)CCCC1. The Labute approximate surface area is 151 Å². The minimum absolute atomic E-state index is 0.0780. The molecule has 8 heteroatoms. The molecule has 3 rings (SSSR count). The van der Waals surface area contributed by atoms with E-state index in [4.69, 9.17) is 25.8 Å². The average molecular weight is 369 g/mol. The number of nitrogens with zero attached hydrogens (tertiary/aromatic N) is 1. The molecule has 1 aliphatic carbocycles. The highest BCUT2D eigenvalue weighted by Gasteiger charge is 2.43. The van der Waals surface area contributed by atoms with Gasteiger partial charge in [0.15, 0.2) is 0 Å². The van der Waals surface area contributed by atoms with E-state index < -0.39 is 17.4 Å². The molecule has 1 amide bonds. The second-order valence-corrected chi connectivity index (χ2v) is 6.76. The smallest absolute Gasteiger partial charge is 0.331 e. The summed E-state index contributed by atoms with van der Waals surface area (Å²) < 4.78 is 15.8. The maximum Gasteiger partial charge on any atom is 0.331 e. The lowest BCUT2D eigenvalue weighted by atomic mass is 9.97. The number of pyridine rings is 1. The third kappa shape index (κ3) is 3.88. The number of methoxy groups -OCH3 is 1. The highest BCUT2D eigenvalue weighted by Crippen LogP contribution is 2.31. The summed E-state index contributed by atoms with van der Waals surface area (Å²) in [5.74, 6) is -0.548. The Morgan fingerprint density at radius 3 is 2.76 bits per heavy atom. The summed E-state index contributed by atoms with van der Waals surface area (Å²) in [6, 6.07) is 1.50. The molecule has 1 aromatic heterocycles. The summed E-state index contributed by atoms with van der Waals surface area (Å²) in [6.07, 6.45) is 4.96. The number of nitrogens with one attached hydrogen (secondary N) is 1. The molecule has 0 bridgehead atoms. The summed E-state index contributed by atoms with van der Waals surface area (Å²) in [5.41, 5.74) is -0.690. The van der Waals surface area contributed by atoms with Gasteiger partial charge in [-0.2, -0.15) is 0 Å². The van der Waals surface area contributed by atoms with Crippen LogP contribution >= 0.6 is 11.6 Å². The fourth-order valence-corrected chi connectivity index (χ4v) is 3.45. The number of esters is 1. The van der Waals surface area contributed by atoms with Crippen molar-refractivity contribution in [3.63, 3.8) is 0 Å². The molecule has 1 atom stereocenters. The lowest BCUT2D eigenvalue weighted by Gasteiger charge is -2.27. The summed E-state index contributed by atoms with van der Waals surface area (Å²) in [7, 11) is 1.33. The van der Waals surface area contributed by atoms with Crippen LogP contribution in [-0.4, -0.2) is 48.8 Å².